The fourth-order valence-electron chi connectivity index (χ4n) is 6.63. The molecule has 2 aliphatic rings. The van der Waals surface area contributed by atoms with Gasteiger partial charge >= 0.3 is 0 Å². The molecule has 3 aromatic carbocycles. The summed E-state index contributed by atoms with van der Waals surface area (Å²) in [6.07, 6.45) is 6.52. The molecule has 0 bridgehead atoms. The van der Waals surface area contributed by atoms with Gasteiger partial charge in [-0.05, 0) is 42.5 Å². The molecule has 40 heavy (non-hydrogen) atoms. The first-order valence-electron chi connectivity index (χ1n) is 14.2. The number of nitrogens with zero attached hydrogens (tertiary/aromatic N) is 4. The molecule has 0 unspecified atom stereocenters. The third-order valence-electron chi connectivity index (χ3n) is 8.43. The van der Waals surface area contributed by atoms with E-state index >= 15 is 0 Å². The van der Waals surface area contributed by atoms with Crippen LogP contribution in [0.3, 0.4) is 0 Å². The van der Waals surface area contributed by atoms with Gasteiger partial charge in [-0.2, -0.15) is 0 Å². The van der Waals surface area contributed by atoms with Crippen LogP contribution in [-0.2, 0) is 18.4 Å². The third-order valence-corrected chi connectivity index (χ3v) is 9.32. The first-order chi connectivity index (χ1) is 19.7. The highest BCUT2D eigenvalue weighted by atomic mass is 32.2. The van der Waals surface area contributed by atoms with E-state index in [1.807, 2.05) is 53.1 Å². The van der Waals surface area contributed by atoms with Gasteiger partial charge in [-0.15, -0.1) is 10.2 Å². The van der Waals surface area contributed by atoms with Crippen molar-refractivity contribution in [3.63, 3.8) is 0 Å². The first kappa shape index (κ1) is 25.1. The predicted octanol–water partition coefficient (Wildman–Crippen LogP) is 6.54. The van der Waals surface area contributed by atoms with E-state index in [9.17, 15) is 4.79 Å². The fourth-order valence-corrected chi connectivity index (χ4v) is 7.38. The van der Waals surface area contributed by atoms with Crippen LogP contribution in [-0.4, -0.2) is 31.5 Å². The lowest BCUT2D eigenvalue weighted by Crippen LogP contribution is -2.43. The van der Waals surface area contributed by atoms with E-state index < -0.39 is 0 Å². The molecule has 7 rings (SSSR count). The summed E-state index contributed by atoms with van der Waals surface area (Å²) in [5.74, 6) is 2.17. The second-order valence-corrected chi connectivity index (χ2v) is 12.0. The highest BCUT2D eigenvalue weighted by Gasteiger charge is 2.44. The van der Waals surface area contributed by atoms with E-state index in [0.29, 0.717) is 18.9 Å². The Morgan fingerprint density at radius 1 is 0.850 bits per heavy atom. The summed E-state index contributed by atoms with van der Waals surface area (Å²) in [4.78, 5) is 14.6. The largest absolute Gasteiger partial charge is 0.493 e. The highest BCUT2D eigenvalue weighted by Crippen LogP contribution is 2.49. The van der Waals surface area contributed by atoms with Gasteiger partial charge in [0.1, 0.15) is 5.75 Å². The SMILES string of the molecule is O=c1c2c(n3c(SCCOc4ccccc4)nnc3n1Cc1ccccc1)-c1ccccc1CC21CCCCC1. The van der Waals surface area contributed by atoms with Crippen LogP contribution in [0.2, 0.25) is 0 Å². The van der Waals surface area contributed by atoms with Gasteiger partial charge < -0.3 is 4.74 Å². The maximum atomic E-state index is 14.6. The Kier molecular flexibility index (Phi) is 6.68. The molecule has 0 saturated heterocycles. The minimum atomic E-state index is -0.158. The molecule has 0 radical (unpaired) electrons. The molecule has 2 aromatic heterocycles. The third kappa shape index (κ3) is 4.42. The quantitative estimate of drug-likeness (QED) is 0.171. The van der Waals surface area contributed by atoms with Crippen LogP contribution in [0.1, 0.15) is 48.8 Å². The van der Waals surface area contributed by atoms with Crippen LogP contribution < -0.4 is 10.3 Å². The first-order valence-corrected chi connectivity index (χ1v) is 15.2. The number of rotatable bonds is 7. The van der Waals surface area contributed by atoms with Crippen molar-refractivity contribution in [3.8, 4) is 17.0 Å². The number of hydrogen-bond donors (Lipinski definition) is 0. The van der Waals surface area contributed by atoms with Crippen LogP contribution in [0, 0.1) is 0 Å². The zero-order valence-corrected chi connectivity index (χ0v) is 23.3. The minimum Gasteiger partial charge on any atom is -0.493 e. The van der Waals surface area contributed by atoms with Gasteiger partial charge in [0, 0.05) is 22.3 Å². The summed E-state index contributed by atoms with van der Waals surface area (Å²) in [7, 11) is 0. The van der Waals surface area contributed by atoms with Gasteiger partial charge in [-0.25, -0.2) is 0 Å². The average Bonchev–Trinajstić information content (AvgIpc) is 3.42. The number of para-hydroxylation sites is 1. The van der Waals surface area contributed by atoms with E-state index in [0.717, 1.165) is 71.1 Å². The summed E-state index contributed by atoms with van der Waals surface area (Å²) in [5, 5.41) is 10.1. The van der Waals surface area contributed by atoms with Gasteiger partial charge in [0.15, 0.2) is 5.16 Å². The van der Waals surface area contributed by atoms with Crippen LogP contribution in [0.4, 0.5) is 0 Å². The second kappa shape index (κ2) is 10.6. The van der Waals surface area contributed by atoms with Crippen LogP contribution in [0.25, 0.3) is 17.0 Å². The Balaban J connectivity index is 1.39. The van der Waals surface area contributed by atoms with E-state index in [1.54, 1.807) is 11.8 Å². The van der Waals surface area contributed by atoms with E-state index in [4.69, 9.17) is 4.74 Å². The van der Waals surface area contributed by atoms with Gasteiger partial charge in [0.2, 0.25) is 5.78 Å². The molecule has 6 nitrogen and oxygen atoms in total. The molecule has 0 aliphatic heterocycles. The molecule has 1 saturated carbocycles. The molecule has 1 spiro atoms. The lowest BCUT2D eigenvalue weighted by atomic mass is 9.62. The predicted molar refractivity (Wildman–Crippen MR) is 159 cm³/mol. The monoisotopic (exact) mass is 548 g/mol. The lowest BCUT2D eigenvalue weighted by Gasteiger charge is -2.42. The Hall–Kier alpha value is -3.84. The van der Waals surface area contributed by atoms with E-state index in [2.05, 4.69) is 51.0 Å². The zero-order chi connectivity index (χ0) is 26.9. The molecule has 0 amide bonds. The number of benzene rings is 3. The number of ether oxygens (including phenoxy) is 1. The van der Waals surface area contributed by atoms with E-state index in [1.165, 1.54) is 12.0 Å². The number of thioether (sulfide) groups is 1. The number of hydrogen-bond acceptors (Lipinski definition) is 5. The second-order valence-electron chi connectivity index (χ2n) is 10.9. The van der Waals surface area contributed by atoms with Gasteiger partial charge in [-0.3, -0.25) is 13.8 Å². The minimum absolute atomic E-state index is 0.0825. The van der Waals surface area contributed by atoms with Crippen molar-refractivity contribution in [3.05, 3.63) is 112 Å². The summed E-state index contributed by atoms with van der Waals surface area (Å²) >= 11 is 1.63. The Morgan fingerprint density at radius 3 is 2.38 bits per heavy atom. The van der Waals surface area contributed by atoms with Gasteiger partial charge in [-0.1, -0.05) is 104 Å². The number of aromatic nitrogens is 4. The molecule has 2 heterocycles. The zero-order valence-electron chi connectivity index (χ0n) is 22.5. The Labute approximate surface area is 238 Å². The highest BCUT2D eigenvalue weighted by molar-refractivity contribution is 7.99. The van der Waals surface area contributed by atoms with Crippen LogP contribution >= 0.6 is 11.8 Å². The maximum absolute atomic E-state index is 14.6. The summed E-state index contributed by atoms with van der Waals surface area (Å²) in [5.41, 5.74) is 5.39. The van der Waals surface area contributed by atoms with Crippen molar-refractivity contribution < 1.29 is 4.74 Å². The molecule has 1 fully saturated rings. The van der Waals surface area contributed by atoms with Crippen molar-refractivity contribution in [1.29, 1.82) is 0 Å². The Morgan fingerprint density at radius 2 is 1.57 bits per heavy atom. The lowest BCUT2D eigenvalue weighted by molar-refractivity contribution is 0.283. The van der Waals surface area contributed by atoms with Gasteiger partial charge in [0.05, 0.1) is 18.8 Å². The summed E-state index contributed by atoms with van der Waals surface area (Å²) in [6, 6.07) is 28.7. The summed E-state index contributed by atoms with van der Waals surface area (Å²) in [6.45, 7) is 1.02. The molecule has 0 N–H and O–H groups in total. The molecular weight excluding hydrogens is 516 g/mol. The summed E-state index contributed by atoms with van der Waals surface area (Å²) < 4.78 is 9.99. The standard InChI is InChI=1S/C33H32N4O2S/c38-30-28-29(27-17-9-8-14-25(27)22-33(28)18-10-3-11-19-33)37-31(36(30)23-24-12-4-1-5-13-24)34-35-32(37)40-21-20-39-26-15-6-2-7-16-26/h1-2,4-9,12-17H,3,10-11,18-23H2. The molecule has 7 heteroatoms. The van der Waals surface area contributed by atoms with Crippen molar-refractivity contribution in [2.24, 2.45) is 0 Å². The van der Waals surface area contributed by atoms with Gasteiger partial charge in [0.25, 0.3) is 5.56 Å². The molecular formula is C33H32N4O2S. The van der Waals surface area contributed by atoms with Crippen molar-refractivity contribution >= 4 is 17.5 Å². The van der Waals surface area contributed by atoms with Crippen LogP contribution in [0.5, 0.6) is 5.75 Å². The van der Waals surface area contributed by atoms with Crippen LogP contribution in [0.15, 0.2) is 94.9 Å². The molecule has 0 atom stereocenters. The average molecular weight is 549 g/mol. The Bertz CT molecular complexity index is 1710. The molecule has 2 aliphatic carbocycles. The van der Waals surface area contributed by atoms with E-state index in [-0.39, 0.29) is 11.0 Å². The maximum Gasteiger partial charge on any atom is 0.259 e. The normalized spacial score (nSPS) is 15.6. The number of fused-ring (bicyclic) bond motifs is 6. The van der Waals surface area contributed by atoms with Crippen molar-refractivity contribution in [1.82, 2.24) is 19.2 Å². The van der Waals surface area contributed by atoms with Crippen molar-refractivity contribution in [2.45, 2.75) is 55.6 Å². The smallest absolute Gasteiger partial charge is 0.259 e. The fraction of sp³-hybridized carbons (Fsp3) is 0.303. The topological polar surface area (TPSA) is 61.4 Å². The molecule has 5 aromatic rings. The van der Waals surface area contributed by atoms with Crippen molar-refractivity contribution in [2.75, 3.05) is 12.4 Å². The molecule has 202 valence electrons.